The molecule has 5 heteroatoms. The average Bonchev–Trinajstić information content (AvgIpc) is 2.44. The predicted octanol–water partition coefficient (Wildman–Crippen LogP) is 1.27. The van der Waals surface area contributed by atoms with Crippen LogP contribution in [0.5, 0.6) is 0 Å². The maximum atomic E-state index is 11.6. The summed E-state index contributed by atoms with van der Waals surface area (Å²) in [5, 5.41) is 0. The Morgan fingerprint density at radius 2 is 2.10 bits per heavy atom. The maximum Gasteiger partial charge on any atom is 0.393 e. The molecule has 1 saturated carbocycles. The van der Waals surface area contributed by atoms with Crippen LogP contribution in [0.4, 0.5) is 13.2 Å². The molecule has 0 aliphatic heterocycles. The first kappa shape index (κ1) is 7.28. The summed E-state index contributed by atoms with van der Waals surface area (Å²) < 4.78 is 34.9. The zero-order valence-electron chi connectivity index (χ0n) is 4.85. The van der Waals surface area contributed by atoms with Gasteiger partial charge in [0.1, 0.15) is 0 Å². The van der Waals surface area contributed by atoms with E-state index in [0.717, 1.165) is 6.08 Å². The molecule has 1 aliphatic carbocycles. The minimum absolute atomic E-state index is 0.0568. The molecular weight excluding hydrogens is 147 g/mol. The van der Waals surface area contributed by atoms with Gasteiger partial charge in [0.05, 0.1) is 12.0 Å². The highest BCUT2D eigenvalue weighted by Crippen LogP contribution is 2.46. The smallest absolute Gasteiger partial charge is 0.211 e. The SMILES string of the molecule is O=C=N[C@@H]1C[C@H]1C(F)(F)F. The van der Waals surface area contributed by atoms with E-state index in [1.165, 1.54) is 0 Å². The molecule has 0 amide bonds. The lowest BCUT2D eigenvalue weighted by molar-refractivity contribution is -0.148. The van der Waals surface area contributed by atoms with Crippen molar-refractivity contribution < 1.29 is 18.0 Å². The molecule has 1 rings (SSSR count). The van der Waals surface area contributed by atoms with E-state index in [1.54, 1.807) is 0 Å². The molecule has 1 aliphatic rings. The van der Waals surface area contributed by atoms with E-state index in [4.69, 9.17) is 0 Å². The largest absolute Gasteiger partial charge is 0.393 e. The van der Waals surface area contributed by atoms with Crippen LogP contribution in [0.2, 0.25) is 0 Å². The fourth-order valence-corrected chi connectivity index (χ4v) is 0.744. The first-order chi connectivity index (χ1) is 4.55. The fraction of sp³-hybridized carbons (Fsp3) is 0.800. The topological polar surface area (TPSA) is 29.4 Å². The molecule has 0 unspecified atom stereocenters. The molecule has 0 spiro atoms. The van der Waals surface area contributed by atoms with E-state index in [-0.39, 0.29) is 6.42 Å². The first-order valence-corrected chi connectivity index (χ1v) is 2.69. The Balaban J connectivity index is 2.46. The van der Waals surface area contributed by atoms with Gasteiger partial charge in [-0.1, -0.05) is 0 Å². The van der Waals surface area contributed by atoms with Crippen molar-refractivity contribution in [1.82, 2.24) is 0 Å². The lowest BCUT2D eigenvalue weighted by atomic mass is 10.4. The lowest BCUT2D eigenvalue weighted by Crippen LogP contribution is -2.12. The highest BCUT2D eigenvalue weighted by atomic mass is 19.4. The summed E-state index contributed by atoms with van der Waals surface area (Å²) in [4.78, 5) is 12.4. The van der Waals surface area contributed by atoms with Gasteiger partial charge in [-0.05, 0) is 6.42 Å². The van der Waals surface area contributed by atoms with Crippen molar-refractivity contribution >= 4 is 6.08 Å². The van der Waals surface area contributed by atoms with Crippen LogP contribution >= 0.6 is 0 Å². The summed E-state index contributed by atoms with van der Waals surface area (Å²) in [5.41, 5.74) is 0. The molecule has 1 fully saturated rings. The van der Waals surface area contributed by atoms with Gasteiger partial charge in [-0.2, -0.15) is 13.2 Å². The second kappa shape index (κ2) is 2.09. The van der Waals surface area contributed by atoms with E-state index in [9.17, 15) is 18.0 Å². The van der Waals surface area contributed by atoms with E-state index in [0.29, 0.717) is 0 Å². The normalized spacial score (nSPS) is 31.1. The second-order valence-electron chi connectivity index (χ2n) is 2.17. The maximum absolute atomic E-state index is 11.6. The average molecular weight is 151 g/mol. The second-order valence-corrected chi connectivity index (χ2v) is 2.17. The number of isocyanates is 1. The Kier molecular flexibility index (Phi) is 1.52. The highest BCUT2D eigenvalue weighted by Gasteiger charge is 2.56. The molecule has 0 aromatic heterocycles. The predicted molar refractivity (Wildman–Crippen MR) is 26.1 cm³/mol. The van der Waals surface area contributed by atoms with E-state index in [2.05, 4.69) is 4.99 Å². The number of alkyl halides is 3. The zero-order valence-corrected chi connectivity index (χ0v) is 4.85. The number of rotatable bonds is 1. The monoisotopic (exact) mass is 151 g/mol. The van der Waals surface area contributed by atoms with Crippen molar-refractivity contribution in [1.29, 1.82) is 0 Å². The number of aliphatic imine (C=N–C) groups is 1. The van der Waals surface area contributed by atoms with Gasteiger partial charge in [0.2, 0.25) is 6.08 Å². The van der Waals surface area contributed by atoms with Gasteiger partial charge < -0.3 is 0 Å². The summed E-state index contributed by atoms with van der Waals surface area (Å²) in [7, 11) is 0. The van der Waals surface area contributed by atoms with Crippen molar-refractivity contribution in [3.05, 3.63) is 0 Å². The van der Waals surface area contributed by atoms with Crippen LogP contribution in [0.1, 0.15) is 6.42 Å². The Hall–Kier alpha value is -0.830. The third-order valence-electron chi connectivity index (χ3n) is 1.40. The van der Waals surface area contributed by atoms with E-state index in [1.807, 2.05) is 0 Å². The number of hydrogen-bond donors (Lipinski definition) is 0. The zero-order chi connectivity index (χ0) is 7.78. The van der Waals surface area contributed by atoms with E-state index >= 15 is 0 Å². The molecule has 2 atom stereocenters. The van der Waals surface area contributed by atoms with Gasteiger partial charge in [0.25, 0.3) is 0 Å². The van der Waals surface area contributed by atoms with Gasteiger partial charge in [-0.3, -0.25) is 0 Å². The molecule has 0 N–H and O–H groups in total. The lowest BCUT2D eigenvalue weighted by Gasteiger charge is -2.00. The van der Waals surface area contributed by atoms with Crippen molar-refractivity contribution in [3.8, 4) is 0 Å². The molecule has 0 radical (unpaired) electrons. The number of hydrogen-bond acceptors (Lipinski definition) is 2. The number of nitrogens with zero attached hydrogens (tertiary/aromatic N) is 1. The summed E-state index contributed by atoms with van der Waals surface area (Å²) >= 11 is 0. The number of carbonyl (C=O) groups excluding carboxylic acids is 1. The van der Waals surface area contributed by atoms with Crippen LogP contribution in [-0.4, -0.2) is 18.3 Å². The highest BCUT2D eigenvalue weighted by molar-refractivity contribution is 5.35. The van der Waals surface area contributed by atoms with Crippen LogP contribution < -0.4 is 0 Å². The Morgan fingerprint density at radius 1 is 1.50 bits per heavy atom. The summed E-state index contributed by atoms with van der Waals surface area (Å²) in [5.74, 6) is -1.39. The standard InChI is InChI=1S/C5H4F3NO/c6-5(7,8)3-1-4(3)9-2-10/h3-4H,1H2/t3-,4-/m1/s1. The van der Waals surface area contributed by atoms with Crippen molar-refractivity contribution in [3.63, 3.8) is 0 Å². The van der Waals surface area contributed by atoms with E-state index < -0.39 is 18.1 Å². The quantitative estimate of drug-likeness (QED) is 0.410. The Morgan fingerprint density at radius 3 is 2.40 bits per heavy atom. The van der Waals surface area contributed by atoms with Gasteiger partial charge in [-0.25, -0.2) is 9.79 Å². The summed E-state index contributed by atoms with van der Waals surface area (Å²) in [6, 6.07) is -0.850. The minimum atomic E-state index is -4.19. The molecule has 0 saturated heterocycles. The van der Waals surface area contributed by atoms with Crippen LogP contribution in [-0.2, 0) is 4.79 Å². The third kappa shape index (κ3) is 1.36. The van der Waals surface area contributed by atoms with Crippen LogP contribution in [0.15, 0.2) is 4.99 Å². The van der Waals surface area contributed by atoms with Gasteiger partial charge in [0, 0.05) is 0 Å². The van der Waals surface area contributed by atoms with Crippen molar-refractivity contribution in [2.24, 2.45) is 10.9 Å². The number of halogens is 3. The Labute approximate surface area is 54.7 Å². The first-order valence-electron chi connectivity index (χ1n) is 2.69. The van der Waals surface area contributed by atoms with Crippen molar-refractivity contribution in [2.75, 3.05) is 0 Å². The molecule has 10 heavy (non-hydrogen) atoms. The van der Waals surface area contributed by atoms with Crippen LogP contribution in [0.25, 0.3) is 0 Å². The van der Waals surface area contributed by atoms with Gasteiger partial charge >= 0.3 is 6.18 Å². The summed E-state index contributed by atoms with van der Waals surface area (Å²) in [6.07, 6.45) is -3.14. The van der Waals surface area contributed by atoms with Crippen LogP contribution in [0.3, 0.4) is 0 Å². The third-order valence-corrected chi connectivity index (χ3v) is 1.40. The van der Waals surface area contributed by atoms with Gasteiger partial charge in [-0.15, -0.1) is 0 Å². The molecule has 0 heterocycles. The molecule has 0 bridgehead atoms. The molecule has 0 aromatic carbocycles. The van der Waals surface area contributed by atoms with Crippen molar-refractivity contribution in [2.45, 2.75) is 18.6 Å². The van der Waals surface area contributed by atoms with Gasteiger partial charge in [0.15, 0.2) is 0 Å². The van der Waals surface area contributed by atoms with Crippen LogP contribution in [0, 0.1) is 5.92 Å². The molecule has 0 aromatic rings. The summed E-state index contributed by atoms with van der Waals surface area (Å²) in [6.45, 7) is 0. The Bertz CT molecular complexity index is 182. The molecule has 2 nitrogen and oxygen atoms in total. The molecular formula is C5H4F3NO. The molecule has 56 valence electrons. The fourth-order valence-electron chi connectivity index (χ4n) is 0.744. The minimum Gasteiger partial charge on any atom is -0.211 e.